The van der Waals surface area contributed by atoms with Crippen LogP contribution in [0.5, 0.6) is 0 Å². The van der Waals surface area contributed by atoms with Crippen LogP contribution >= 0.6 is 0 Å². The first kappa shape index (κ1) is 28.1. The predicted molar refractivity (Wildman–Crippen MR) is 141 cm³/mol. The number of ketones is 1. The lowest BCUT2D eigenvalue weighted by molar-refractivity contribution is 0.0993. The number of hydrogen-bond donors (Lipinski definition) is 0. The molecule has 1 saturated heterocycles. The number of Topliss-reactive ketones (excluding diaryl/α,β-unsaturated/α-hetero) is 1. The Morgan fingerprint density at radius 3 is 2.06 bits per heavy atom. The van der Waals surface area contributed by atoms with Crippen molar-refractivity contribution in [3.8, 4) is 11.1 Å². The lowest BCUT2D eigenvalue weighted by Gasteiger charge is -2.27. The Kier molecular flexibility index (Phi) is 14.1. The number of ether oxygens (including phenoxy) is 1. The molecule has 2 heterocycles. The number of benzene rings is 2. The van der Waals surface area contributed by atoms with Crippen LogP contribution in [0.1, 0.15) is 57.5 Å². The van der Waals surface area contributed by atoms with Crippen LogP contribution in [0, 0.1) is 0 Å². The summed E-state index contributed by atoms with van der Waals surface area (Å²) in [5.41, 5.74) is 3.83. The van der Waals surface area contributed by atoms with Gasteiger partial charge in [-0.05, 0) is 28.8 Å². The van der Waals surface area contributed by atoms with Crippen molar-refractivity contribution in [3.63, 3.8) is 0 Å². The summed E-state index contributed by atoms with van der Waals surface area (Å²) in [6.07, 6.45) is 2.17. The number of hydrogen-bond acceptors (Lipinski definition) is 4. The molecule has 0 bridgehead atoms. The predicted octanol–water partition coefficient (Wildman–Crippen LogP) is 7.09. The Labute approximate surface area is 200 Å². The van der Waals surface area contributed by atoms with Gasteiger partial charge in [0.05, 0.1) is 13.2 Å². The highest BCUT2D eigenvalue weighted by molar-refractivity contribution is 5.98. The van der Waals surface area contributed by atoms with Crippen molar-refractivity contribution in [1.29, 1.82) is 0 Å². The highest BCUT2D eigenvalue weighted by Gasteiger charge is 2.13. The Bertz CT molecular complexity index is 902. The van der Waals surface area contributed by atoms with E-state index in [4.69, 9.17) is 4.74 Å². The lowest BCUT2D eigenvalue weighted by Crippen LogP contribution is -2.36. The molecular formula is C29H40N2O2. The molecule has 4 rings (SSSR count). The number of carbonyl (C=O) groups is 1. The monoisotopic (exact) mass is 448 g/mol. The van der Waals surface area contributed by atoms with Crippen molar-refractivity contribution in [2.45, 2.75) is 48.0 Å². The molecule has 0 amide bonds. The average molecular weight is 449 g/mol. The van der Waals surface area contributed by atoms with Crippen LogP contribution in [-0.2, 0) is 11.2 Å². The third-order valence-electron chi connectivity index (χ3n) is 4.80. The minimum absolute atomic E-state index is 0.105. The van der Waals surface area contributed by atoms with Crippen LogP contribution in [0.4, 0.5) is 5.82 Å². The molecule has 0 saturated carbocycles. The second-order valence-corrected chi connectivity index (χ2v) is 6.67. The van der Waals surface area contributed by atoms with E-state index in [2.05, 4.69) is 22.0 Å². The largest absolute Gasteiger partial charge is 0.378 e. The fraction of sp³-hybridized carbons (Fsp3) is 0.379. The topological polar surface area (TPSA) is 42.4 Å². The third-order valence-corrected chi connectivity index (χ3v) is 4.80. The summed E-state index contributed by atoms with van der Waals surface area (Å²) in [6.45, 7) is 15.2. The molecule has 4 nitrogen and oxygen atoms in total. The van der Waals surface area contributed by atoms with Crippen LogP contribution < -0.4 is 4.90 Å². The van der Waals surface area contributed by atoms with E-state index in [1.165, 1.54) is 0 Å². The van der Waals surface area contributed by atoms with Crippen LogP contribution in [0.2, 0.25) is 0 Å². The van der Waals surface area contributed by atoms with Gasteiger partial charge in [0.15, 0.2) is 5.78 Å². The van der Waals surface area contributed by atoms with E-state index in [0.29, 0.717) is 6.42 Å². The lowest BCUT2D eigenvalue weighted by atomic mass is 9.99. The van der Waals surface area contributed by atoms with Gasteiger partial charge in [0.25, 0.3) is 0 Å². The molecule has 1 aliphatic rings. The zero-order valence-corrected chi connectivity index (χ0v) is 21.2. The quantitative estimate of drug-likeness (QED) is 0.391. The van der Waals surface area contributed by atoms with Gasteiger partial charge in [-0.3, -0.25) is 4.79 Å². The maximum absolute atomic E-state index is 12.7. The van der Waals surface area contributed by atoms with Crippen molar-refractivity contribution >= 4 is 11.6 Å². The molecule has 33 heavy (non-hydrogen) atoms. The zero-order chi connectivity index (χ0) is 24.5. The molecule has 0 radical (unpaired) electrons. The molecule has 178 valence electrons. The van der Waals surface area contributed by atoms with Crippen molar-refractivity contribution in [2.75, 3.05) is 31.2 Å². The zero-order valence-electron chi connectivity index (χ0n) is 21.2. The summed E-state index contributed by atoms with van der Waals surface area (Å²) in [5.74, 6) is 1.05. The van der Waals surface area contributed by atoms with Gasteiger partial charge in [-0.25, -0.2) is 4.98 Å². The summed E-state index contributed by atoms with van der Waals surface area (Å²) in [4.78, 5) is 19.5. The van der Waals surface area contributed by atoms with Crippen LogP contribution in [0.15, 0.2) is 72.9 Å². The van der Waals surface area contributed by atoms with Crippen molar-refractivity contribution < 1.29 is 9.53 Å². The second kappa shape index (κ2) is 16.6. The first-order chi connectivity index (χ1) is 16.3. The molecule has 0 spiro atoms. The fourth-order valence-electron chi connectivity index (χ4n) is 3.29. The van der Waals surface area contributed by atoms with Gasteiger partial charge < -0.3 is 9.64 Å². The number of anilines is 1. The summed E-state index contributed by atoms with van der Waals surface area (Å²) < 4.78 is 5.37. The van der Waals surface area contributed by atoms with Crippen molar-refractivity contribution in [1.82, 2.24) is 4.98 Å². The van der Waals surface area contributed by atoms with E-state index in [1.807, 2.05) is 102 Å². The van der Waals surface area contributed by atoms with Crippen LogP contribution in [0.25, 0.3) is 11.1 Å². The number of pyridine rings is 1. The summed E-state index contributed by atoms with van der Waals surface area (Å²) in [6, 6.07) is 21.9. The average Bonchev–Trinajstić information content (AvgIpc) is 2.93. The third kappa shape index (κ3) is 8.82. The van der Waals surface area contributed by atoms with Crippen LogP contribution in [0.3, 0.4) is 0 Å². The Morgan fingerprint density at radius 2 is 1.45 bits per heavy atom. The molecule has 2 aromatic carbocycles. The molecule has 0 unspecified atom stereocenters. The van der Waals surface area contributed by atoms with E-state index >= 15 is 0 Å². The highest BCUT2D eigenvalue weighted by Crippen LogP contribution is 2.21. The smallest absolute Gasteiger partial charge is 0.167 e. The van der Waals surface area contributed by atoms with Gasteiger partial charge in [0, 0.05) is 31.3 Å². The van der Waals surface area contributed by atoms with E-state index in [-0.39, 0.29) is 5.78 Å². The summed E-state index contributed by atoms with van der Waals surface area (Å²) >= 11 is 0. The molecule has 4 heteroatoms. The number of carbonyl (C=O) groups excluding carboxylic acids is 1. The standard InChI is InChI=1S/C23H22N2O2.3C2H6/c26-22(21-8-4-7-20(16-21)19-5-2-1-3-6-19)15-18-9-10-23(24-17-18)25-11-13-27-14-12-25;3*1-2/h1-10,16-17H,11-15H2;3*1-2H3. The summed E-state index contributed by atoms with van der Waals surface area (Å²) in [7, 11) is 0. The van der Waals surface area contributed by atoms with Gasteiger partial charge in [-0.1, -0.05) is 96.1 Å². The minimum Gasteiger partial charge on any atom is -0.378 e. The van der Waals surface area contributed by atoms with Crippen molar-refractivity contribution in [3.05, 3.63) is 84.1 Å². The first-order valence-electron chi connectivity index (χ1n) is 12.3. The van der Waals surface area contributed by atoms with Crippen molar-refractivity contribution in [2.24, 2.45) is 0 Å². The normalized spacial score (nSPS) is 12.1. The van der Waals surface area contributed by atoms with Gasteiger partial charge in [-0.15, -0.1) is 0 Å². The molecule has 0 atom stereocenters. The first-order valence-corrected chi connectivity index (χ1v) is 12.3. The maximum atomic E-state index is 12.7. The van der Waals surface area contributed by atoms with E-state index < -0.39 is 0 Å². The number of nitrogens with zero attached hydrogens (tertiary/aromatic N) is 2. The van der Waals surface area contributed by atoms with E-state index in [0.717, 1.165) is 54.4 Å². The Balaban J connectivity index is 0.000000841. The molecule has 3 aromatic rings. The van der Waals surface area contributed by atoms with Crippen LogP contribution in [-0.4, -0.2) is 37.1 Å². The van der Waals surface area contributed by atoms with Gasteiger partial charge in [0.1, 0.15) is 5.82 Å². The van der Waals surface area contributed by atoms with Gasteiger partial charge in [-0.2, -0.15) is 0 Å². The fourth-order valence-corrected chi connectivity index (χ4v) is 3.29. The second-order valence-electron chi connectivity index (χ2n) is 6.67. The molecule has 1 aliphatic heterocycles. The molecular weight excluding hydrogens is 408 g/mol. The number of morpholine rings is 1. The van der Waals surface area contributed by atoms with E-state index in [9.17, 15) is 4.79 Å². The molecule has 0 N–H and O–H groups in total. The Morgan fingerprint density at radius 1 is 0.818 bits per heavy atom. The minimum atomic E-state index is 0.105. The van der Waals surface area contributed by atoms with Gasteiger partial charge >= 0.3 is 0 Å². The maximum Gasteiger partial charge on any atom is 0.167 e. The molecule has 0 aliphatic carbocycles. The van der Waals surface area contributed by atoms with E-state index in [1.54, 1.807) is 0 Å². The highest BCUT2D eigenvalue weighted by atomic mass is 16.5. The number of rotatable bonds is 5. The number of aromatic nitrogens is 1. The molecule has 1 aromatic heterocycles. The van der Waals surface area contributed by atoms with Gasteiger partial charge in [0.2, 0.25) is 0 Å². The summed E-state index contributed by atoms with van der Waals surface area (Å²) in [5, 5.41) is 0. The SMILES string of the molecule is CC.CC.CC.O=C(Cc1ccc(N2CCOCC2)nc1)c1cccc(-c2ccccc2)c1. The Hall–Kier alpha value is -2.98. The molecule has 1 fully saturated rings.